The molecule has 3 aliphatic rings. The first-order chi connectivity index (χ1) is 8.63. The number of non-ortho nitro benzene ring substituents is 1. The van der Waals surface area contributed by atoms with E-state index >= 15 is 0 Å². The van der Waals surface area contributed by atoms with Gasteiger partial charge in [-0.15, -0.1) is 0 Å². The average molecular weight is 244 g/mol. The van der Waals surface area contributed by atoms with Crippen LogP contribution in [0, 0.1) is 22.0 Å². The van der Waals surface area contributed by atoms with Gasteiger partial charge >= 0.3 is 0 Å². The summed E-state index contributed by atoms with van der Waals surface area (Å²) in [6, 6.07) is 6.34. The molecular weight excluding hydrogens is 232 g/mol. The number of carbonyl (C=O) groups excluding carboxylic acids is 1. The van der Waals surface area contributed by atoms with Crippen molar-refractivity contribution in [3.8, 4) is 0 Å². The molecule has 18 heavy (non-hydrogen) atoms. The highest BCUT2D eigenvalue weighted by Crippen LogP contribution is 2.67. The minimum atomic E-state index is -0.417. The van der Waals surface area contributed by atoms with Crippen LogP contribution in [0.3, 0.4) is 0 Å². The lowest BCUT2D eigenvalue weighted by Gasteiger charge is -2.27. The van der Waals surface area contributed by atoms with E-state index in [9.17, 15) is 14.9 Å². The van der Waals surface area contributed by atoms with Gasteiger partial charge in [0.15, 0.2) is 0 Å². The molecule has 0 radical (unpaired) electrons. The lowest BCUT2D eigenvalue weighted by Crippen LogP contribution is -2.38. The number of piperidine rings is 1. The van der Waals surface area contributed by atoms with E-state index in [1.807, 2.05) is 4.90 Å². The summed E-state index contributed by atoms with van der Waals surface area (Å²) in [6.07, 6.45) is 3.20. The maximum atomic E-state index is 12.2. The fourth-order valence-corrected chi connectivity index (χ4v) is 3.44. The highest BCUT2D eigenvalue weighted by Gasteiger charge is 2.72. The van der Waals surface area contributed by atoms with E-state index in [-0.39, 0.29) is 23.1 Å². The molecule has 1 amide bonds. The van der Waals surface area contributed by atoms with Crippen molar-refractivity contribution >= 4 is 17.3 Å². The second-order valence-electron chi connectivity index (χ2n) is 5.50. The number of amides is 1. The summed E-state index contributed by atoms with van der Waals surface area (Å²) in [5.41, 5.74) is 0.952. The minimum absolute atomic E-state index is 0.0673. The first-order valence-electron chi connectivity index (χ1n) is 6.22. The van der Waals surface area contributed by atoms with Crippen molar-refractivity contribution in [1.29, 1.82) is 0 Å². The quantitative estimate of drug-likeness (QED) is 0.591. The number of nitro groups is 1. The second-order valence-corrected chi connectivity index (χ2v) is 5.50. The number of carbonyl (C=O) groups is 1. The zero-order valence-corrected chi connectivity index (χ0v) is 9.70. The number of hydrogen-bond donors (Lipinski definition) is 0. The summed E-state index contributed by atoms with van der Waals surface area (Å²) in [5, 5.41) is 10.6. The molecule has 2 atom stereocenters. The summed E-state index contributed by atoms with van der Waals surface area (Å²) < 4.78 is 0. The molecule has 4 rings (SSSR count). The third-order valence-electron chi connectivity index (χ3n) is 4.54. The van der Waals surface area contributed by atoms with Crippen LogP contribution in [0.1, 0.15) is 19.3 Å². The maximum Gasteiger partial charge on any atom is 0.269 e. The van der Waals surface area contributed by atoms with Crippen molar-refractivity contribution < 1.29 is 9.72 Å². The Morgan fingerprint density at radius 2 is 1.94 bits per heavy atom. The van der Waals surface area contributed by atoms with Gasteiger partial charge in [-0.05, 0) is 37.3 Å². The van der Waals surface area contributed by atoms with Gasteiger partial charge in [0, 0.05) is 23.7 Å². The standard InChI is InChI=1S/C13H12N2O3/c16-12-10-7-11(10)13(5-6-13)14(12)8-1-3-9(4-2-8)15(17)18/h1-4,10-11H,5-7H2. The maximum absolute atomic E-state index is 12.2. The van der Waals surface area contributed by atoms with Gasteiger partial charge in [-0.25, -0.2) is 0 Å². The Bertz CT molecular complexity index is 562. The first kappa shape index (κ1) is 10.1. The summed E-state index contributed by atoms with van der Waals surface area (Å²) in [6.45, 7) is 0. The van der Waals surface area contributed by atoms with Crippen LogP contribution in [0.15, 0.2) is 24.3 Å². The van der Waals surface area contributed by atoms with Crippen LogP contribution in [0.25, 0.3) is 0 Å². The number of nitrogens with zero attached hydrogens (tertiary/aromatic N) is 2. The van der Waals surface area contributed by atoms with Crippen molar-refractivity contribution in [3.63, 3.8) is 0 Å². The van der Waals surface area contributed by atoms with Crippen LogP contribution in [-0.2, 0) is 4.79 Å². The predicted octanol–water partition coefficient (Wildman–Crippen LogP) is 2.11. The smallest absolute Gasteiger partial charge is 0.269 e. The third kappa shape index (κ3) is 1.09. The van der Waals surface area contributed by atoms with Gasteiger partial charge in [-0.3, -0.25) is 14.9 Å². The molecule has 1 aromatic rings. The van der Waals surface area contributed by atoms with Crippen LogP contribution in [0.2, 0.25) is 0 Å². The van der Waals surface area contributed by atoms with Crippen LogP contribution in [0.5, 0.6) is 0 Å². The largest absolute Gasteiger partial charge is 0.306 e. The number of hydrogen-bond acceptors (Lipinski definition) is 3. The molecule has 3 fully saturated rings. The van der Waals surface area contributed by atoms with Crippen LogP contribution >= 0.6 is 0 Å². The normalized spacial score (nSPS) is 30.4. The predicted molar refractivity (Wildman–Crippen MR) is 64.1 cm³/mol. The summed E-state index contributed by atoms with van der Waals surface area (Å²) in [7, 11) is 0. The van der Waals surface area contributed by atoms with E-state index in [0.717, 1.165) is 24.9 Å². The molecule has 1 aromatic carbocycles. The van der Waals surface area contributed by atoms with E-state index < -0.39 is 4.92 Å². The Balaban J connectivity index is 1.71. The van der Waals surface area contributed by atoms with E-state index in [2.05, 4.69) is 0 Å². The SMILES string of the molecule is O=C1C2CC2C2(CC2)N1c1ccc([N+](=O)[O-])cc1. The van der Waals surface area contributed by atoms with Gasteiger partial charge in [0.2, 0.25) is 5.91 Å². The number of rotatable bonds is 2. The molecule has 1 saturated heterocycles. The fourth-order valence-electron chi connectivity index (χ4n) is 3.44. The molecule has 0 N–H and O–H groups in total. The van der Waals surface area contributed by atoms with Gasteiger partial charge in [0.05, 0.1) is 10.5 Å². The molecule has 5 nitrogen and oxygen atoms in total. The van der Waals surface area contributed by atoms with E-state index in [0.29, 0.717) is 5.92 Å². The fraction of sp³-hybridized carbons (Fsp3) is 0.462. The Morgan fingerprint density at radius 3 is 2.50 bits per heavy atom. The molecule has 1 aliphatic heterocycles. The van der Waals surface area contributed by atoms with Gasteiger partial charge < -0.3 is 4.90 Å². The van der Waals surface area contributed by atoms with E-state index in [1.54, 1.807) is 12.1 Å². The molecule has 1 spiro atoms. The molecule has 2 saturated carbocycles. The van der Waals surface area contributed by atoms with Crippen LogP contribution < -0.4 is 4.90 Å². The first-order valence-corrected chi connectivity index (χ1v) is 6.22. The molecular formula is C13H12N2O3. The number of fused-ring (bicyclic) bond motifs is 2. The van der Waals surface area contributed by atoms with Crippen molar-refractivity contribution in [3.05, 3.63) is 34.4 Å². The van der Waals surface area contributed by atoms with Crippen LogP contribution in [0.4, 0.5) is 11.4 Å². The average Bonchev–Trinajstić information content (AvgIpc) is 3.22. The second kappa shape index (κ2) is 2.91. The number of anilines is 1. The highest BCUT2D eigenvalue weighted by atomic mass is 16.6. The zero-order valence-electron chi connectivity index (χ0n) is 9.70. The Hall–Kier alpha value is -1.91. The summed E-state index contributed by atoms with van der Waals surface area (Å²) >= 11 is 0. The Morgan fingerprint density at radius 1 is 1.28 bits per heavy atom. The Labute approximate surface area is 104 Å². The monoisotopic (exact) mass is 244 g/mol. The molecule has 1 heterocycles. The third-order valence-corrected chi connectivity index (χ3v) is 4.54. The van der Waals surface area contributed by atoms with Crippen molar-refractivity contribution in [2.75, 3.05) is 4.90 Å². The lowest BCUT2D eigenvalue weighted by molar-refractivity contribution is -0.384. The zero-order chi connectivity index (χ0) is 12.5. The van der Waals surface area contributed by atoms with Gasteiger partial charge in [-0.2, -0.15) is 0 Å². The molecule has 0 bridgehead atoms. The van der Waals surface area contributed by atoms with Gasteiger partial charge in [0.1, 0.15) is 0 Å². The molecule has 5 heteroatoms. The van der Waals surface area contributed by atoms with E-state index in [4.69, 9.17) is 0 Å². The van der Waals surface area contributed by atoms with Crippen LogP contribution in [-0.4, -0.2) is 16.4 Å². The summed E-state index contributed by atoms with van der Waals surface area (Å²) in [4.78, 5) is 24.3. The van der Waals surface area contributed by atoms with Crippen molar-refractivity contribution in [1.82, 2.24) is 0 Å². The van der Waals surface area contributed by atoms with E-state index in [1.165, 1.54) is 12.1 Å². The summed E-state index contributed by atoms with van der Waals surface area (Å²) in [5.74, 6) is 0.981. The molecule has 2 aliphatic carbocycles. The van der Waals surface area contributed by atoms with Gasteiger partial charge in [-0.1, -0.05) is 0 Å². The minimum Gasteiger partial charge on any atom is -0.306 e. The topological polar surface area (TPSA) is 63.5 Å². The lowest BCUT2D eigenvalue weighted by atomic mass is 10.1. The van der Waals surface area contributed by atoms with Crippen molar-refractivity contribution in [2.45, 2.75) is 24.8 Å². The number of nitro benzene ring substituents is 1. The van der Waals surface area contributed by atoms with Crippen molar-refractivity contribution in [2.24, 2.45) is 11.8 Å². The molecule has 2 unspecified atom stereocenters. The molecule has 92 valence electrons. The molecule has 0 aromatic heterocycles. The Kier molecular flexibility index (Phi) is 1.62. The van der Waals surface area contributed by atoms with Gasteiger partial charge in [0.25, 0.3) is 5.69 Å². The highest BCUT2D eigenvalue weighted by molar-refractivity contribution is 6.03. The number of benzene rings is 1.